The molecule has 0 saturated carbocycles. The third kappa shape index (κ3) is 7.41. The minimum absolute atomic E-state index is 0.0686. The molecular weight excluding hydrogens is 535 g/mol. The summed E-state index contributed by atoms with van der Waals surface area (Å²) in [6, 6.07) is 11.3. The molecule has 1 aliphatic rings. The van der Waals surface area contributed by atoms with E-state index >= 15 is 0 Å². The second kappa shape index (κ2) is 11.6. The van der Waals surface area contributed by atoms with Gasteiger partial charge in [-0.2, -0.15) is 0 Å². The van der Waals surface area contributed by atoms with Gasteiger partial charge in [-0.15, -0.1) is 0 Å². The molecule has 6 nitrogen and oxygen atoms in total. The molecule has 0 spiro atoms. The molecule has 176 valence electrons. The molecule has 2 aromatic carbocycles. The molecular formula is C20H23Cl3N2O4S3. The summed E-state index contributed by atoms with van der Waals surface area (Å²) in [5.41, 5.74) is 0.502. The third-order valence-electron chi connectivity index (χ3n) is 4.84. The maximum absolute atomic E-state index is 13.3. The fourth-order valence-electron chi connectivity index (χ4n) is 3.27. The van der Waals surface area contributed by atoms with Crippen molar-refractivity contribution in [2.24, 2.45) is 0 Å². The number of unbranched alkanes of at least 4 members (excludes halogenated alkanes) is 1. The van der Waals surface area contributed by atoms with Crippen LogP contribution in [0.2, 0.25) is 15.1 Å². The maximum atomic E-state index is 13.3. The van der Waals surface area contributed by atoms with Gasteiger partial charge in [0.1, 0.15) is 0 Å². The first-order valence-electron chi connectivity index (χ1n) is 9.89. The predicted molar refractivity (Wildman–Crippen MR) is 134 cm³/mol. The van der Waals surface area contributed by atoms with Crippen molar-refractivity contribution in [3.63, 3.8) is 0 Å². The van der Waals surface area contributed by atoms with Crippen molar-refractivity contribution in [1.29, 1.82) is 0 Å². The van der Waals surface area contributed by atoms with Gasteiger partial charge in [0, 0.05) is 44.9 Å². The zero-order valence-corrected chi connectivity index (χ0v) is 21.7. The quantitative estimate of drug-likeness (QED) is 0.439. The van der Waals surface area contributed by atoms with Gasteiger partial charge >= 0.3 is 0 Å². The number of nitrogens with zero attached hydrogens (tertiary/aromatic N) is 1. The molecule has 1 heterocycles. The highest BCUT2D eigenvalue weighted by Crippen LogP contribution is 2.32. The summed E-state index contributed by atoms with van der Waals surface area (Å²) in [4.78, 5) is 0.536. The average molecular weight is 558 g/mol. The van der Waals surface area contributed by atoms with Crippen LogP contribution >= 0.6 is 34.8 Å². The third-order valence-corrected chi connectivity index (χ3v) is 10.1. The molecule has 0 radical (unpaired) electrons. The van der Waals surface area contributed by atoms with Crippen molar-refractivity contribution in [2.45, 2.75) is 30.2 Å². The summed E-state index contributed by atoms with van der Waals surface area (Å²) in [6.07, 6.45) is 1.41. The number of hydrogen-bond acceptors (Lipinski definition) is 4. The van der Waals surface area contributed by atoms with Gasteiger partial charge in [-0.3, -0.25) is 8.51 Å². The smallest absolute Gasteiger partial charge is 0.211 e. The molecule has 0 aromatic heterocycles. The lowest BCUT2D eigenvalue weighted by Crippen LogP contribution is -2.37. The van der Waals surface area contributed by atoms with Crippen molar-refractivity contribution in [1.82, 2.24) is 4.72 Å². The molecule has 3 atom stereocenters. The molecule has 0 amide bonds. The Labute approximate surface area is 208 Å². The van der Waals surface area contributed by atoms with Crippen molar-refractivity contribution in [2.75, 3.05) is 28.1 Å². The Morgan fingerprint density at radius 1 is 1.06 bits per heavy atom. The van der Waals surface area contributed by atoms with Crippen LogP contribution in [0.3, 0.4) is 0 Å². The highest BCUT2D eigenvalue weighted by atomic mass is 35.5. The predicted octanol–water partition coefficient (Wildman–Crippen LogP) is 4.40. The van der Waals surface area contributed by atoms with Gasteiger partial charge in [0.15, 0.2) is 11.0 Å². The summed E-state index contributed by atoms with van der Waals surface area (Å²) in [5, 5.41) is 1.37. The van der Waals surface area contributed by atoms with Gasteiger partial charge in [-0.05, 0) is 61.7 Å². The molecule has 1 N–H and O–H groups in total. The van der Waals surface area contributed by atoms with Crippen LogP contribution in [-0.4, -0.2) is 46.7 Å². The fraction of sp³-hybridized carbons (Fsp3) is 0.400. The molecule has 32 heavy (non-hydrogen) atoms. The summed E-state index contributed by atoms with van der Waals surface area (Å²) in [7, 11) is -6.03. The number of hydrogen-bond donors (Lipinski definition) is 1. The SMILES string of the molecule is O=S1CCC(NS(=O)(=O)CCCCN(c2cc(Cl)ccc2Cl)S(=O)c2ccc(Cl)cc2)C1. The zero-order valence-electron chi connectivity index (χ0n) is 17.0. The average Bonchev–Trinajstić information content (AvgIpc) is 3.14. The van der Waals surface area contributed by atoms with E-state index in [1.165, 1.54) is 0 Å². The number of halogens is 3. The highest BCUT2D eigenvalue weighted by Gasteiger charge is 2.25. The number of sulfonamides is 1. The lowest BCUT2D eigenvalue weighted by atomic mass is 10.3. The van der Waals surface area contributed by atoms with Crippen LogP contribution in [0.25, 0.3) is 0 Å². The van der Waals surface area contributed by atoms with Crippen LogP contribution in [0.4, 0.5) is 5.69 Å². The lowest BCUT2D eigenvalue weighted by Gasteiger charge is -2.25. The number of anilines is 1. The van der Waals surface area contributed by atoms with Crippen LogP contribution < -0.4 is 9.03 Å². The summed E-state index contributed by atoms with van der Waals surface area (Å²) in [5.74, 6) is 0.820. The molecule has 0 aliphatic carbocycles. The van der Waals surface area contributed by atoms with Crippen molar-refractivity contribution in [3.8, 4) is 0 Å². The minimum Gasteiger partial charge on any atom is -0.286 e. The number of benzene rings is 2. The number of rotatable bonds is 10. The van der Waals surface area contributed by atoms with Gasteiger partial charge in [0.05, 0.1) is 21.4 Å². The Bertz CT molecular complexity index is 1100. The van der Waals surface area contributed by atoms with E-state index in [0.29, 0.717) is 63.0 Å². The van der Waals surface area contributed by atoms with Crippen LogP contribution in [0, 0.1) is 0 Å². The van der Waals surface area contributed by atoms with Gasteiger partial charge in [-0.25, -0.2) is 17.3 Å². The van der Waals surface area contributed by atoms with E-state index < -0.39 is 31.8 Å². The highest BCUT2D eigenvalue weighted by molar-refractivity contribution is 7.89. The van der Waals surface area contributed by atoms with E-state index in [-0.39, 0.29) is 11.8 Å². The van der Waals surface area contributed by atoms with E-state index in [0.717, 1.165) is 0 Å². The minimum atomic E-state index is -3.48. The lowest BCUT2D eigenvalue weighted by molar-refractivity contribution is 0.559. The summed E-state index contributed by atoms with van der Waals surface area (Å²) >= 11 is 18.4. The van der Waals surface area contributed by atoms with Crippen LogP contribution in [0.1, 0.15) is 19.3 Å². The second-order valence-corrected chi connectivity index (χ2v) is 13.5. The van der Waals surface area contributed by atoms with E-state index in [4.69, 9.17) is 34.8 Å². The summed E-state index contributed by atoms with van der Waals surface area (Å²) < 4.78 is 53.7. The standard InChI is InChI=1S/C20H23Cl3N2O4S3/c21-15-3-6-18(7-4-15)31(27)25(20-13-16(22)5-8-19(20)23)10-1-2-12-32(28,29)24-17-9-11-30(26)14-17/h3-8,13,17,24H,1-2,9-12,14H2. The van der Waals surface area contributed by atoms with Crippen LogP contribution in [0.5, 0.6) is 0 Å². The molecule has 12 heteroatoms. The van der Waals surface area contributed by atoms with E-state index in [1.54, 1.807) is 46.8 Å². The van der Waals surface area contributed by atoms with E-state index in [9.17, 15) is 16.8 Å². The molecule has 3 unspecified atom stereocenters. The molecule has 1 saturated heterocycles. The largest absolute Gasteiger partial charge is 0.286 e. The summed E-state index contributed by atoms with van der Waals surface area (Å²) in [6.45, 7) is 0.304. The molecule has 3 rings (SSSR count). The molecule has 0 bridgehead atoms. The Balaban J connectivity index is 1.67. The number of nitrogens with one attached hydrogen (secondary N) is 1. The second-order valence-electron chi connectivity index (χ2n) is 7.34. The van der Waals surface area contributed by atoms with Crippen LogP contribution in [0.15, 0.2) is 47.4 Å². The Morgan fingerprint density at radius 3 is 2.41 bits per heavy atom. The Kier molecular flexibility index (Phi) is 9.43. The topological polar surface area (TPSA) is 83.6 Å². The zero-order chi connectivity index (χ0) is 23.3. The monoisotopic (exact) mass is 556 g/mol. The van der Waals surface area contributed by atoms with Crippen molar-refractivity contribution >= 4 is 72.3 Å². The van der Waals surface area contributed by atoms with Gasteiger partial charge in [0.2, 0.25) is 10.0 Å². The molecule has 1 fully saturated rings. The first kappa shape index (κ1) is 25.9. The van der Waals surface area contributed by atoms with Crippen molar-refractivity contribution < 1.29 is 16.8 Å². The van der Waals surface area contributed by atoms with Crippen LogP contribution in [-0.2, 0) is 31.8 Å². The van der Waals surface area contributed by atoms with E-state index in [2.05, 4.69) is 4.72 Å². The Hall–Kier alpha value is -0.680. The normalized spacial score (nSPS) is 19.7. The fourth-order valence-corrected chi connectivity index (χ4v) is 8.01. The Morgan fingerprint density at radius 2 is 1.75 bits per heavy atom. The maximum Gasteiger partial charge on any atom is 0.211 e. The van der Waals surface area contributed by atoms with Gasteiger partial charge in [-0.1, -0.05) is 34.8 Å². The molecule has 1 aliphatic heterocycles. The first-order chi connectivity index (χ1) is 15.1. The van der Waals surface area contributed by atoms with E-state index in [1.807, 2.05) is 0 Å². The van der Waals surface area contributed by atoms with Crippen molar-refractivity contribution in [3.05, 3.63) is 57.5 Å². The first-order valence-corrected chi connectivity index (χ1v) is 15.3. The molecule has 2 aromatic rings. The van der Waals surface area contributed by atoms with Gasteiger partial charge < -0.3 is 0 Å². The van der Waals surface area contributed by atoms with Gasteiger partial charge in [0.25, 0.3) is 0 Å².